The van der Waals surface area contributed by atoms with Gasteiger partial charge in [-0.3, -0.25) is 4.79 Å². The minimum atomic E-state index is -3.41. The highest BCUT2D eigenvalue weighted by Gasteiger charge is 2.25. The number of carbonyl (C=O) groups is 1. The highest BCUT2D eigenvalue weighted by Crippen LogP contribution is 2.21. The molecular weight excluding hydrogens is 360 g/mol. The summed E-state index contributed by atoms with van der Waals surface area (Å²) in [7, 11) is -3.41. The summed E-state index contributed by atoms with van der Waals surface area (Å²) >= 11 is 0. The number of hydrogen-bond donors (Lipinski definition) is 1. The minimum Gasteiger partial charge on any atom is -0.356 e. The third-order valence-electron chi connectivity index (χ3n) is 5.37. The van der Waals surface area contributed by atoms with Gasteiger partial charge in [0.05, 0.1) is 11.3 Å². The predicted molar refractivity (Wildman–Crippen MR) is 109 cm³/mol. The second kappa shape index (κ2) is 10.8. The summed E-state index contributed by atoms with van der Waals surface area (Å²) in [5, 5.41) is 3.02. The van der Waals surface area contributed by atoms with Gasteiger partial charge in [0, 0.05) is 19.6 Å². The van der Waals surface area contributed by atoms with Gasteiger partial charge in [0.1, 0.15) is 0 Å². The second-order valence-electron chi connectivity index (χ2n) is 7.51. The number of nitrogens with zero attached hydrogens (tertiary/aromatic N) is 1. The van der Waals surface area contributed by atoms with E-state index in [-0.39, 0.29) is 12.3 Å². The van der Waals surface area contributed by atoms with Gasteiger partial charge in [0.2, 0.25) is 15.9 Å². The van der Waals surface area contributed by atoms with Crippen LogP contribution in [0.25, 0.3) is 0 Å². The Hall–Kier alpha value is -1.40. The number of hydrogen-bond acceptors (Lipinski definition) is 3. The van der Waals surface area contributed by atoms with Crippen LogP contribution in [0, 0.1) is 5.92 Å². The van der Waals surface area contributed by atoms with Gasteiger partial charge in [0.15, 0.2) is 0 Å². The molecule has 1 N–H and O–H groups in total. The van der Waals surface area contributed by atoms with Crippen LogP contribution in [0.15, 0.2) is 29.2 Å². The van der Waals surface area contributed by atoms with Crippen molar-refractivity contribution in [2.75, 3.05) is 19.6 Å². The van der Waals surface area contributed by atoms with Crippen molar-refractivity contribution in [2.45, 2.75) is 70.1 Å². The Bertz CT molecular complexity index is 680. The van der Waals surface area contributed by atoms with Gasteiger partial charge in [-0.05, 0) is 42.9 Å². The van der Waals surface area contributed by atoms with E-state index in [0.717, 1.165) is 44.2 Å². The summed E-state index contributed by atoms with van der Waals surface area (Å²) in [5.74, 6) is 0.530. The molecule has 0 spiro atoms. The van der Waals surface area contributed by atoms with Crippen LogP contribution in [0.5, 0.6) is 0 Å². The Kier molecular flexibility index (Phi) is 8.77. The van der Waals surface area contributed by atoms with Crippen LogP contribution in [-0.2, 0) is 21.2 Å². The number of sulfonamides is 1. The molecule has 1 aliphatic rings. The SMILES string of the molecule is CCCCC(CC)CNC(=O)Cc1ccc(S(=O)(=O)N2CCCCC2)cc1. The fourth-order valence-corrected chi connectivity index (χ4v) is 5.00. The van der Waals surface area contributed by atoms with Gasteiger partial charge < -0.3 is 5.32 Å². The van der Waals surface area contributed by atoms with Crippen molar-refractivity contribution in [3.63, 3.8) is 0 Å². The molecule has 0 radical (unpaired) electrons. The van der Waals surface area contributed by atoms with Gasteiger partial charge >= 0.3 is 0 Å². The Morgan fingerprint density at radius 2 is 1.78 bits per heavy atom. The zero-order chi connectivity index (χ0) is 19.7. The topological polar surface area (TPSA) is 66.5 Å². The van der Waals surface area contributed by atoms with E-state index in [0.29, 0.717) is 23.9 Å². The van der Waals surface area contributed by atoms with Crippen molar-refractivity contribution in [3.8, 4) is 0 Å². The smallest absolute Gasteiger partial charge is 0.243 e. The van der Waals surface area contributed by atoms with Crippen LogP contribution >= 0.6 is 0 Å². The molecule has 1 aromatic rings. The van der Waals surface area contributed by atoms with E-state index in [1.807, 2.05) is 0 Å². The highest BCUT2D eigenvalue weighted by atomic mass is 32.2. The number of unbranched alkanes of at least 4 members (excludes halogenated alkanes) is 1. The predicted octanol–water partition coefficient (Wildman–Crippen LogP) is 3.74. The monoisotopic (exact) mass is 394 g/mol. The molecule has 0 aromatic heterocycles. The summed E-state index contributed by atoms with van der Waals surface area (Å²) in [4.78, 5) is 12.5. The molecule has 1 amide bonds. The van der Waals surface area contributed by atoms with Gasteiger partial charge in [-0.1, -0.05) is 51.7 Å². The molecule has 1 saturated heterocycles. The number of nitrogens with one attached hydrogen (secondary N) is 1. The largest absolute Gasteiger partial charge is 0.356 e. The van der Waals surface area contributed by atoms with E-state index >= 15 is 0 Å². The Morgan fingerprint density at radius 3 is 2.37 bits per heavy atom. The number of piperidine rings is 1. The fraction of sp³-hybridized carbons (Fsp3) is 0.667. The van der Waals surface area contributed by atoms with E-state index in [1.54, 1.807) is 28.6 Å². The molecule has 152 valence electrons. The molecule has 27 heavy (non-hydrogen) atoms. The van der Waals surface area contributed by atoms with E-state index < -0.39 is 10.0 Å². The lowest BCUT2D eigenvalue weighted by molar-refractivity contribution is -0.120. The van der Waals surface area contributed by atoms with Crippen LogP contribution in [0.3, 0.4) is 0 Å². The molecule has 0 bridgehead atoms. The maximum absolute atomic E-state index is 12.7. The summed E-state index contributed by atoms with van der Waals surface area (Å²) < 4.78 is 26.9. The summed E-state index contributed by atoms with van der Waals surface area (Å²) in [6.45, 7) is 6.26. The summed E-state index contributed by atoms with van der Waals surface area (Å²) in [6, 6.07) is 6.76. The molecule has 1 heterocycles. The van der Waals surface area contributed by atoms with E-state index in [1.165, 1.54) is 12.8 Å². The quantitative estimate of drug-likeness (QED) is 0.657. The fourth-order valence-electron chi connectivity index (χ4n) is 3.48. The van der Waals surface area contributed by atoms with Crippen molar-refractivity contribution in [1.82, 2.24) is 9.62 Å². The molecule has 1 fully saturated rings. The molecule has 1 aliphatic heterocycles. The normalized spacial score (nSPS) is 16.8. The van der Waals surface area contributed by atoms with Gasteiger partial charge in [0.25, 0.3) is 0 Å². The lowest BCUT2D eigenvalue weighted by atomic mass is 9.99. The highest BCUT2D eigenvalue weighted by molar-refractivity contribution is 7.89. The third-order valence-corrected chi connectivity index (χ3v) is 7.28. The van der Waals surface area contributed by atoms with Crippen LogP contribution in [0.2, 0.25) is 0 Å². The van der Waals surface area contributed by atoms with Crippen molar-refractivity contribution >= 4 is 15.9 Å². The Balaban J connectivity index is 1.88. The van der Waals surface area contributed by atoms with Crippen LogP contribution in [0.1, 0.15) is 64.4 Å². The van der Waals surface area contributed by atoms with E-state index in [9.17, 15) is 13.2 Å². The number of amides is 1. The number of rotatable bonds is 10. The average Bonchev–Trinajstić information content (AvgIpc) is 2.69. The van der Waals surface area contributed by atoms with Crippen LogP contribution in [-0.4, -0.2) is 38.3 Å². The maximum atomic E-state index is 12.7. The summed E-state index contributed by atoms with van der Waals surface area (Å²) in [5.41, 5.74) is 0.840. The molecule has 2 rings (SSSR count). The van der Waals surface area contributed by atoms with Crippen molar-refractivity contribution in [2.24, 2.45) is 5.92 Å². The first-order valence-corrected chi connectivity index (χ1v) is 11.8. The Morgan fingerprint density at radius 1 is 1.11 bits per heavy atom. The molecule has 6 heteroatoms. The first-order chi connectivity index (χ1) is 13.0. The van der Waals surface area contributed by atoms with Crippen molar-refractivity contribution in [3.05, 3.63) is 29.8 Å². The van der Waals surface area contributed by atoms with Crippen molar-refractivity contribution < 1.29 is 13.2 Å². The number of benzene rings is 1. The van der Waals surface area contributed by atoms with Gasteiger partial charge in [-0.15, -0.1) is 0 Å². The molecule has 5 nitrogen and oxygen atoms in total. The van der Waals surface area contributed by atoms with Crippen molar-refractivity contribution in [1.29, 1.82) is 0 Å². The zero-order valence-corrected chi connectivity index (χ0v) is 17.6. The molecular formula is C21H34N2O3S. The van der Waals surface area contributed by atoms with Gasteiger partial charge in [-0.2, -0.15) is 4.31 Å². The number of carbonyl (C=O) groups excluding carboxylic acids is 1. The molecule has 1 atom stereocenters. The average molecular weight is 395 g/mol. The summed E-state index contributed by atoms with van der Waals surface area (Å²) in [6.07, 6.45) is 7.83. The second-order valence-corrected chi connectivity index (χ2v) is 9.44. The first-order valence-electron chi connectivity index (χ1n) is 10.3. The van der Waals surface area contributed by atoms with E-state index in [4.69, 9.17) is 0 Å². The maximum Gasteiger partial charge on any atom is 0.243 e. The van der Waals surface area contributed by atoms with Gasteiger partial charge in [-0.25, -0.2) is 8.42 Å². The van der Waals surface area contributed by atoms with Crippen LogP contribution in [0.4, 0.5) is 0 Å². The molecule has 1 aromatic carbocycles. The molecule has 1 unspecified atom stereocenters. The first kappa shape index (κ1) is 21.9. The molecule has 0 saturated carbocycles. The van der Waals surface area contributed by atoms with E-state index in [2.05, 4.69) is 19.2 Å². The third kappa shape index (κ3) is 6.61. The van der Waals surface area contributed by atoms with Crippen LogP contribution < -0.4 is 5.32 Å². The molecule has 0 aliphatic carbocycles. The lowest BCUT2D eigenvalue weighted by Gasteiger charge is -2.25. The standard InChI is InChI=1S/C21H34N2O3S/c1-3-5-9-18(4-2)17-22-21(24)16-19-10-12-20(13-11-19)27(25,26)23-14-7-6-8-15-23/h10-13,18H,3-9,14-17H2,1-2H3,(H,22,24). The minimum absolute atomic E-state index is 0.00316. The Labute approximate surface area is 164 Å². The zero-order valence-electron chi connectivity index (χ0n) is 16.7. The lowest BCUT2D eigenvalue weighted by Crippen LogP contribution is -2.35.